The highest BCUT2D eigenvalue weighted by molar-refractivity contribution is 5.92. The van der Waals surface area contributed by atoms with Crippen molar-refractivity contribution in [1.82, 2.24) is 0 Å². The summed E-state index contributed by atoms with van der Waals surface area (Å²) in [7, 11) is 0. The van der Waals surface area contributed by atoms with Crippen LogP contribution in [0.2, 0.25) is 0 Å². The normalized spacial score (nSPS) is 8.83. The maximum atomic E-state index is 10.3. The molecule has 8 heteroatoms. The molecule has 0 amide bonds. The van der Waals surface area contributed by atoms with Crippen molar-refractivity contribution in [3.8, 4) is 0 Å². The molecule has 23 heavy (non-hydrogen) atoms. The molecule has 0 bridgehead atoms. The van der Waals surface area contributed by atoms with Gasteiger partial charge in [-0.2, -0.15) is 0 Å². The summed E-state index contributed by atoms with van der Waals surface area (Å²) >= 11 is 0. The number of aliphatic carboxylic acids is 4. The minimum atomic E-state index is -1.31. The predicted octanol–water partition coefficient (Wildman–Crippen LogP) is 2.48. The van der Waals surface area contributed by atoms with Crippen LogP contribution in [-0.2, 0) is 19.2 Å². The molecule has 134 valence electrons. The van der Waals surface area contributed by atoms with E-state index in [2.05, 4.69) is 20.4 Å². The zero-order valence-electron chi connectivity index (χ0n) is 13.5. The van der Waals surface area contributed by atoms with E-state index in [0.29, 0.717) is 12.8 Å². The van der Waals surface area contributed by atoms with E-state index in [-0.39, 0.29) is 6.42 Å². The highest BCUT2D eigenvalue weighted by atomic mass is 16.4. The number of hydrogen-bond acceptors (Lipinski definition) is 4. The molecule has 0 saturated carbocycles. The van der Waals surface area contributed by atoms with E-state index in [0.717, 1.165) is 0 Å². The van der Waals surface area contributed by atoms with Crippen molar-refractivity contribution in [2.45, 2.75) is 52.4 Å². The zero-order chi connectivity index (χ0) is 18.8. The molecular weight excluding hydrogens is 308 g/mol. The summed E-state index contributed by atoms with van der Waals surface area (Å²) in [6, 6.07) is 0. The summed E-state index contributed by atoms with van der Waals surface area (Å²) in [6.07, 6.45) is 4.83. The number of carboxylic acids is 4. The Balaban J connectivity index is -0.000000307. The van der Waals surface area contributed by atoms with Crippen molar-refractivity contribution in [3.05, 3.63) is 12.7 Å². The SMILES string of the molecule is C=CCCCC(C(=O)O)C(=O)O.CCCC.O=C(O)CC(=O)O. The van der Waals surface area contributed by atoms with Gasteiger partial charge in [-0.1, -0.05) is 32.8 Å². The predicted molar refractivity (Wildman–Crippen MR) is 83.3 cm³/mol. The molecular formula is C15H26O8. The first-order valence-corrected chi connectivity index (χ1v) is 7.13. The van der Waals surface area contributed by atoms with E-state index in [1.807, 2.05) is 0 Å². The minimum Gasteiger partial charge on any atom is -0.481 e. The third-order valence-corrected chi connectivity index (χ3v) is 2.30. The molecule has 0 aliphatic carbocycles. The van der Waals surface area contributed by atoms with Crippen molar-refractivity contribution in [3.63, 3.8) is 0 Å². The van der Waals surface area contributed by atoms with Crippen LogP contribution < -0.4 is 0 Å². The standard InChI is InChI=1S/C8H12O4.C4H10.C3H4O4/c1-2-3-4-5-6(7(9)10)8(11)12;1-3-4-2;4-2(5)1-3(6)7/h2,6H,1,3-5H2,(H,9,10)(H,11,12);3-4H2,1-2H3;1H2,(H,4,5)(H,6,7). The van der Waals surface area contributed by atoms with Crippen LogP contribution in [0.15, 0.2) is 12.7 Å². The lowest BCUT2D eigenvalue weighted by Gasteiger charge is -2.04. The molecule has 0 aliphatic heterocycles. The fourth-order valence-electron chi connectivity index (χ4n) is 0.948. The summed E-state index contributed by atoms with van der Waals surface area (Å²) in [5.41, 5.74) is 0. The second kappa shape index (κ2) is 17.7. The Morgan fingerprint density at radius 3 is 1.48 bits per heavy atom. The Hall–Kier alpha value is -2.38. The smallest absolute Gasteiger partial charge is 0.317 e. The number of hydrogen-bond donors (Lipinski definition) is 4. The van der Waals surface area contributed by atoms with E-state index < -0.39 is 36.2 Å². The van der Waals surface area contributed by atoms with Gasteiger partial charge in [0.05, 0.1) is 0 Å². The Labute approximate surface area is 135 Å². The molecule has 0 unspecified atom stereocenters. The van der Waals surface area contributed by atoms with Gasteiger partial charge in [0.15, 0.2) is 5.92 Å². The lowest BCUT2D eigenvalue weighted by atomic mass is 10.0. The summed E-state index contributed by atoms with van der Waals surface area (Å²) in [5.74, 6) is -6.44. The van der Waals surface area contributed by atoms with Crippen molar-refractivity contribution >= 4 is 23.9 Å². The first-order chi connectivity index (χ1) is 10.6. The van der Waals surface area contributed by atoms with E-state index >= 15 is 0 Å². The quantitative estimate of drug-likeness (QED) is 0.285. The van der Waals surface area contributed by atoms with E-state index in [9.17, 15) is 19.2 Å². The maximum absolute atomic E-state index is 10.3. The largest absolute Gasteiger partial charge is 0.481 e. The molecule has 0 rings (SSSR count). The highest BCUT2D eigenvalue weighted by Gasteiger charge is 2.24. The maximum Gasteiger partial charge on any atom is 0.317 e. The van der Waals surface area contributed by atoms with Gasteiger partial charge < -0.3 is 20.4 Å². The van der Waals surface area contributed by atoms with Crippen LogP contribution in [0, 0.1) is 5.92 Å². The molecule has 0 saturated heterocycles. The summed E-state index contributed by atoms with van der Waals surface area (Å²) in [5, 5.41) is 32.3. The van der Waals surface area contributed by atoms with Gasteiger partial charge in [0, 0.05) is 0 Å². The summed E-state index contributed by atoms with van der Waals surface area (Å²) in [4.78, 5) is 39.5. The third kappa shape index (κ3) is 25.0. The number of unbranched alkanes of at least 4 members (excludes halogenated alkanes) is 2. The average Bonchev–Trinajstić information content (AvgIpc) is 2.42. The Kier molecular flexibility index (Phi) is 19.6. The topological polar surface area (TPSA) is 149 Å². The molecule has 0 aromatic heterocycles. The van der Waals surface area contributed by atoms with Crippen molar-refractivity contribution < 1.29 is 39.6 Å². The van der Waals surface area contributed by atoms with Gasteiger partial charge in [-0.05, 0) is 19.3 Å². The molecule has 0 radical (unpaired) electrons. The first kappa shape index (κ1) is 25.6. The molecule has 4 N–H and O–H groups in total. The number of carboxylic acid groups (broad SMARTS) is 4. The van der Waals surface area contributed by atoms with Crippen molar-refractivity contribution in [2.24, 2.45) is 5.92 Å². The lowest BCUT2D eigenvalue weighted by molar-refractivity contribution is -0.155. The van der Waals surface area contributed by atoms with E-state index in [4.69, 9.17) is 20.4 Å². The molecule has 8 nitrogen and oxygen atoms in total. The number of allylic oxidation sites excluding steroid dienone is 1. The lowest BCUT2D eigenvalue weighted by Crippen LogP contribution is -2.23. The number of rotatable bonds is 9. The molecule has 0 aliphatic rings. The average molecular weight is 334 g/mol. The van der Waals surface area contributed by atoms with Crippen LogP contribution >= 0.6 is 0 Å². The van der Waals surface area contributed by atoms with E-state index in [1.165, 1.54) is 12.8 Å². The fraction of sp³-hybridized carbons (Fsp3) is 0.600. The Morgan fingerprint density at radius 1 is 0.913 bits per heavy atom. The second-order valence-electron chi connectivity index (χ2n) is 4.41. The van der Waals surface area contributed by atoms with Crippen LogP contribution in [-0.4, -0.2) is 44.3 Å². The molecule has 0 aromatic rings. The van der Waals surface area contributed by atoms with Crippen LogP contribution in [0.25, 0.3) is 0 Å². The molecule has 0 spiro atoms. The van der Waals surface area contributed by atoms with Gasteiger partial charge in [0.25, 0.3) is 0 Å². The van der Waals surface area contributed by atoms with Gasteiger partial charge in [-0.25, -0.2) is 0 Å². The fourth-order valence-corrected chi connectivity index (χ4v) is 0.948. The Bertz CT molecular complexity index is 348. The molecule has 0 heterocycles. The van der Waals surface area contributed by atoms with Crippen LogP contribution in [0.1, 0.15) is 52.4 Å². The highest BCUT2D eigenvalue weighted by Crippen LogP contribution is 2.09. The monoisotopic (exact) mass is 334 g/mol. The van der Waals surface area contributed by atoms with Crippen LogP contribution in [0.3, 0.4) is 0 Å². The number of carbonyl (C=O) groups is 4. The van der Waals surface area contributed by atoms with Crippen molar-refractivity contribution in [1.29, 1.82) is 0 Å². The molecule has 0 aromatic carbocycles. The van der Waals surface area contributed by atoms with E-state index in [1.54, 1.807) is 6.08 Å². The van der Waals surface area contributed by atoms with Gasteiger partial charge in [-0.3, -0.25) is 19.2 Å². The molecule has 0 fully saturated rings. The van der Waals surface area contributed by atoms with Crippen LogP contribution in [0.5, 0.6) is 0 Å². The van der Waals surface area contributed by atoms with Crippen LogP contribution in [0.4, 0.5) is 0 Å². The van der Waals surface area contributed by atoms with Gasteiger partial charge in [-0.15, -0.1) is 6.58 Å². The first-order valence-electron chi connectivity index (χ1n) is 7.13. The Morgan fingerprint density at radius 2 is 1.30 bits per heavy atom. The summed E-state index contributed by atoms with van der Waals surface area (Å²) in [6.45, 7) is 7.81. The van der Waals surface area contributed by atoms with Crippen molar-refractivity contribution in [2.75, 3.05) is 0 Å². The zero-order valence-corrected chi connectivity index (χ0v) is 13.5. The minimum absolute atomic E-state index is 0.163. The van der Waals surface area contributed by atoms with Gasteiger partial charge >= 0.3 is 23.9 Å². The van der Waals surface area contributed by atoms with Gasteiger partial charge in [0.2, 0.25) is 0 Å². The molecule has 0 atom stereocenters. The summed E-state index contributed by atoms with van der Waals surface area (Å²) < 4.78 is 0. The third-order valence-electron chi connectivity index (χ3n) is 2.30. The second-order valence-corrected chi connectivity index (χ2v) is 4.41. The van der Waals surface area contributed by atoms with Gasteiger partial charge in [0.1, 0.15) is 6.42 Å².